The molecule has 9 heavy (non-hydrogen) atoms. The van der Waals surface area contributed by atoms with E-state index in [1.54, 1.807) is 0 Å². The maximum Gasteiger partial charge on any atom is 0.106 e. The first-order chi connectivity index (χ1) is 4.06. The van der Waals surface area contributed by atoms with Crippen molar-refractivity contribution in [3.05, 3.63) is 0 Å². The third-order valence-corrected chi connectivity index (χ3v) is 0.739. The zero-order valence-electron chi connectivity index (χ0n) is 6.87. The largest absolute Gasteiger partial charge is 0.330 e. The van der Waals surface area contributed by atoms with E-state index in [1.807, 2.05) is 13.8 Å². The van der Waals surface area contributed by atoms with Crippen molar-refractivity contribution in [1.29, 1.82) is 0 Å². The molecule has 0 fully saturated rings. The van der Waals surface area contributed by atoms with Crippen molar-refractivity contribution < 1.29 is 4.39 Å². The van der Waals surface area contributed by atoms with Gasteiger partial charge in [0.05, 0.1) is 0 Å². The Balaban J connectivity index is 0. The van der Waals surface area contributed by atoms with Crippen molar-refractivity contribution in [2.75, 3.05) is 6.54 Å². The fraction of sp³-hybridized carbons (Fsp3) is 1.00. The fourth-order valence-electron chi connectivity index (χ4n) is 0.343. The van der Waals surface area contributed by atoms with Crippen LogP contribution in [0.4, 0.5) is 4.39 Å². The molecule has 0 spiro atoms. The van der Waals surface area contributed by atoms with E-state index in [9.17, 15) is 4.39 Å². The van der Waals surface area contributed by atoms with Crippen LogP contribution in [-0.4, -0.2) is 12.2 Å². The summed E-state index contributed by atoms with van der Waals surface area (Å²) in [5.41, 5.74) is 4.00. The van der Waals surface area contributed by atoms with Gasteiger partial charge < -0.3 is 5.73 Å². The monoisotopic (exact) mass is 135 g/mol. The summed E-state index contributed by atoms with van der Waals surface area (Å²) in [5, 5.41) is 0. The Morgan fingerprint density at radius 3 is 1.67 bits per heavy atom. The van der Waals surface area contributed by atoms with Crippen molar-refractivity contribution in [3.63, 3.8) is 0 Å². The van der Waals surface area contributed by atoms with E-state index in [0.717, 1.165) is 0 Å². The second kappa shape index (κ2) is 6.02. The van der Waals surface area contributed by atoms with Crippen LogP contribution in [0.3, 0.4) is 0 Å². The smallest absolute Gasteiger partial charge is 0.106 e. The standard InChI is InChI=1S/C5H12FN.C2H6/c1-5(2,6)3-4-7;1-2/h3-4,7H2,1-2H3;1-2H3. The lowest BCUT2D eigenvalue weighted by Gasteiger charge is -2.10. The molecule has 0 aliphatic rings. The van der Waals surface area contributed by atoms with E-state index in [4.69, 9.17) is 5.73 Å². The van der Waals surface area contributed by atoms with Crippen molar-refractivity contribution >= 4 is 0 Å². The molecular weight excluding hydrogens is 117 g/mol. The predicted molar refractivity (Wildman–Crippen MR) is 40.2 cm³/mol. The second-order valence-corrected chi connectivity index (χ2v) is 2.26. The summed E-state index contributed by atoms with van der Waals surface area (Å²) in [6.07, 6.45) is 0.451. The number of alkyl halides is 1. The highest BCUT2D eigenvalue weighted by atomic mass is 19.1. The van der Waals surface area contributed by atoms with Gasteiger partial charge in [-0.2, -0.15) is 0 Å². The third-order valence-electron chi connectivity index (χ3n) is 0.739. The Labute approximate surface area is 57.4 Å². The SMILES string of the molecule is CC.CC(C)(F)CCN. The molecule has 0 rings (SSSR count). The third kappa shape index (κ3) is 18.1. The number of halogens is 1. The molecule has 0 aromatic rings. The van der Waals surface area contributed by atoms with Gasteiger partial charge >= 0.3 is 0 Å². The molecule has 0 saturated heterocycles. The Morgan fingerprint density at radius 2 is 1.67 bits per heavy atom. The molecule has 0 amide bonds. The van der Waals surface area contributed by atoms with E-state index < -0.39 is 5.67 Å². The van der Waals surface area contributed by atoms with Gasteiger partial charge in [-0.3, -0.25) is 0 Å². The molecule has 0 heterocycles. The van der Waals surface area contributed by atoms with Gasteiger partial charge in [0, 0.05) is 0 Å². The quantitative estimate of drug-likeness (QED) is 0.616. The van der Waals surface area contributed by atoms with Gasteiger partial charge in [0.25, 0.3) is 0 Å². The lowest BCUT2D eigenvalue weighted by molar-refractivity contribution is 0.205. The molecule has 2 heteroatoms. The molecule has 0 aromatic heterocycles. The number of nitrogens with two attached hydrogens (primary N) is 1. The normalized spacial score (nSPS) is 10.0. The molecule has 0 atom stereocenters. The summed E-state index contributed by atoms with van der Waals surface area (Å²) in [6.45, 7) is 7.49. The zero-order valence-corrected chi connectivity index (χ0v) is 6.87. The predicted octanol–water partition coefficient (Wildman–Crippen LogP) is 2.11. The van der Waals surface area contributed by atoms with Gasteiger partial charge in [0.15, 0.2) is 0 Å². The Hall–Kier alpha value is -0.110. The summed E-state index contributed by atoms with van der Waals surface area (Å²) in [5.74, 6) is 0. The molecule has 2 N–H and O–H groups in total. The van der Waals surface area contributed by atoms with E-state index in [2.05, 4.69) is 0 Å². The van der Waals surface area contributed by atoms with E-state index >= 15 is 0 Å². The summed E-state index contributed by atoms with van der Waals surface area (Å²) in [4.78, 5) is 0. The zero-order chi connectivity index (χ0) is 7.91. The van der Waals surface area contributed by atoms with Gasteiger partial charge in [-0.25, -0.2) is 4.39 Å². The number of hydrogen-bond acceptors (Lipinski definition) is 1. The molecule has 0 aliphatic carbocycles. The minimum Gasteiger partial charge on any atom is -0.330 e. The Morgan fingerprint density at radius 1 is 1.33 bits per heavy atom. The van der Waals surface area contributed by atoms with Crippen LogP contribution in [0.1, 0.15) is 34.1 Å². The van der Waals surface area contributed by atoms with Gasteiger partial charge in [0.1, 0.15) is 5.67 Å². The molecule has 0 bridgehead atoms. The molecule has 0 radical (unpaired) electrons. The summed E-state index contributed by atoms with van der Waals surface area (Å²) in [7, 11) is 0. The van der Waals surface area contributed by atoms with Crippen LogP contribution in [0, 0.1) is 0 Å². The van der Waals surface area contributed by atoms with Crippen molar-refractivity contribution in [2.45, 2.75) is 39.8 Å². The fourth-order valence-corrected chi connectivity index (χ4v) is 0.343. The first kappa shape index (κ1) is 11.7. The highest BCUT2D eigenvalue weighted by Gasteiger charge is 2.12. The summed E-state index contributed by atoms with van der Waals surface area (Å²) in [6, 6.07) is 0. The number of hydrogen-bond donors (Lipinski definition) is 1. The summed E-state index contributed by atoms with van der Waals surface area (Å²) >= 11 is 0. The Bertz CT molecular complexity index is 47.4. The van der Waals surface area contributed by atoms with Crippen molar-refractivity contribution in [2.24, 2.45) is 5.73 Å². The highest BCUT2D eigenvalue weighted by Crippen LogP contribution is 2.10. The maximum atomic E-state index is 12.3. The minimum atomic E-state index is -1.07. The average Bonchev–Trinajstić information content (AvgIpc) is 1.69. The Kier molecular flexibility index (Phi) is 7.79. The van der Waals surface area contributed by atoms with Crippen molar-refractivity contribution in [1.82, 2.24) is 0 Å². The molecule has 0 aliphatic heterocycles. The molecule has 1 nitrogen and oxygen atoms in total. The van der Waals surface area contributed by atoms with Gasteiger partial charge in [-0.1, -0.05) is 13.8 Å². The topological polar surface area (TPSA) is 26.0 Å². The van der Waals surface area contributed by atoms with Gasteiger partial charge in [-0.05, 0) is 26.8 Å². The van der Waals surface area contributed by atoms with Crippen LogP contribution in [0.5, 0.6) is 0 Å². The van der Waals surface area contributed by atoms with E-state index in [0.29, 0.717) is 13.0 Å². The van der Waals surface area contributed by atoms with Crippen LogP contribution in [0.2, 0.25) is 0 Å². The molecule has 0 saturated carbocycles. The average molecular weight is 135 g/mol. The van der Waals surface area contributed by atoms with E-state index in [1.165, 1.54) is 13.8 Å². The van der Waals surface area contributed by atoms with Gasteiger partial charge in [0.2, 0.25) is 0 Å². The lowest BCUT2D eigenvalue weighted by Crippen LogP contribution is -2.17. The van der Waals surface area contributed by atoms with E-state index in [-0.39, 0.29) is 0 Å². The van der Waals surface area contributed by atoms with Crippen LogP contribution in [0.25, 0.3) is 0 Å². The molecule has 0 unspecified atom stereocenters. The van der Waals surface area contributed by atoms with Crippen LogP contribution in [-0.2, 0) is 0 Å². The minimum absolute atomic E-state index is 0.434. The highest BCUT2D eigenvalue weighted by molar-refractivity contribution is 4.64. The molecule has 58 valence electrons. The van der Waals surface area contributed by atoms with Crippen LogP contribution in [0.15, 0.2) is 0 Å². The maximum absolute atomic E-state index is 12.3. The number of rotatable bonds is 2. The summed E-state index contributed by atoms with van der Waals surface area (Å²) < 4.78 is 12.3. The first-order valence-corrected chi connectivity index (χ1v) is 3.45. The van der Waals surface area contributed by atoms with Crippen molar-refractivity contribution in [3.8, 4) is 0 Å². The first-order valence-electron chi connectivity index (χ1n) is 3.45. The molecule has 0 aromatic carbocycles. The van der Waals surface area contributed by atoms with Crippen LogP contribution >= 0.6 is 0 Å². The molecular formula is C7H18FN. The second-order valence-electron chi connectivity index (χ2n) is 2.26. The van der Waals surface area contributed by atoms with Gasteiger partial charge in [-0.15, -0.1) is 0 Å². The van der Waals surface area contributed by atoms with Crippen LogP contribution < -0.4 is 5.73 Å². The lowest BCUT2D eigenvalue weighted by atomic mass is 10.1.